The van der Waals surface area contributed by atoms with E-state index in [1.54, 1.807) is 4.52 Å². The van der Waals surface area contributed by atoms with Crippen LogP contribution < -0.4 is 4.74 Å². The Labute approximate surface area is 175 Å². The van der Waals surface area contributed by atoms with Gasteiger partial charge in [0, 0.05) is 28.8 Å². The Morgan fingerprint density at radius 2 is 1.76 bits per heavy atom. The van der Waals surface area contributed by atoms with Gasteiger partial charge in [0.2, 0.25) is 5.88 Å². The molecule has 148 valence electrons. The lowest BCUT2D eigenvalue weighted by molar-refractivity contribution is 0.267. The molecule has 0 fully saturated rings. The molecular weight excluding hydrogens is 384 g/mol. The Bertz CT molecular complexity index is 1090. The Hall–Kier alpha value is -2.89. The standard InChI is InChI=1S/C23H23ClN4O/c1-27(2)13-6-14-29-22-15-21(18-9-11-19(24)12-10-18)26-23-20(16-25-28(22)23)17-7-4-3-5-8-17/h3-5,7-12,15-16H,6,13-14H2,1-2H3. The second kappa shape index (κ2) is 8.64. The van der Waals surface area contributed by atoms with Crippen molar-refractivity contribution < 1.29 is 4.74 Å². The summed E-state index contributed by atoms with van der Waals surface area (Å²) < 4.78 is 7.89. The van der Waals surface area contributed by atoms with Crippen molar-refractivity contribution >= 4 is 17.2 Å². The van der Waals surface area contributed by atoms with Crippen molar-refractivity contribution in [3.05, 3.63) is 71.9 Å². The highest BCUT2D eigenvalue weighted by atomic mass is 35.5. The van der Waals surface area contributed by atoms with Crippen LogP contribution in [0.3, 0.4) is 0 Å². The Kier molecular flexibility index (Phi) is 5.79. The lowest BCUT2D eigenvalue weighted by atomic mass is 10.1. The molecule has 0 unspecified atom stereocenters. The first-order valence-electron chi connectivity index (χ1n) is 9.59. The molecule has 0 saturated carbocycles. The minimum Gasteiger partial charge on any atom is -0.477 e. The molecule has 0 aliphatic carbocycles. The summed E-state index contributed by atoms with van der Waals surface area (Å²) >= 11 is 6.06. The summed E-state index contributed by atoms with van der Waals surface area (Å²) in [5, 5.41) is 5.25. The number of fused-ring (bicyclic) bond motifs is 1. The minimum atomic E-state index is 0.609. The van der Waals surface area contributed by atoms with Crippen LogP contribution in [0.5, 0.6) is 5.88 Å². The number of hydrogen-bond donors (Lipinski definition) is 0. The molecule has 0 N–H and O–H groups in total. The summed E-state index contributed by atoms with van der Waals surface area (Å²) in [6.07, 6.45) is 2.77. The molecule has 5 nitrogen and oxygen atoms in total. The molecule has 0 bridgehead atoms. The molecule has 29 heavy (non-hydrogen) atoms. The number of ether oxygens (including phenoxy) is 1. The van der Waals surface area contributed by atoms with E-state index < -0.39 is 0 Å². The predicted octanol–water partition coefficient (Wildman–Crippen LogP) is 5.05. The molecule has 4 aromatic rings. The Morgan fingerprint density at radius 3 is 2.48 bits per heavy atom. The van der Waals surface area contributed by atoms with Crippen LogP contribution in [-0.4, -0.2) is 46.7 Å². The van der Waals surface area contributed by atoms with Crippen LogP contribution in [-0.2, 0) is 0 Å². The van der Waals surface area contributed by atoms with Crippen LogP contribution in [0, 0.1) is 0 Å². The Morgan fingerprint density at radius 1 is 1.00 bits per heavy atom. The van der Waals surface area contributed by atoms with E-state index in [0.717, 1.165) is 41.0 Å². The molecule has 6 heteroatoms. The van der Waals surface area contributed by atoms with E-state index in [1.165, 1.54) is 0 Å². The molecule has 0 amide bonds. The second-order valence-corrected chi connectivity index (χ2v) is 7.59. The molecular formula is C23H23ClN4O. The SMILES string of the molecule is CN(C)CCCOc1cc(-c2ccc(Cl)cc2)nc2c(-c3ccccc3)cnn12. The number of halogens is 1. The molecule has 2 aromatic heterocycles. The summed E-state index contributed by atoms with van der Waals surface area (Å²) in [6, 6.07) is 19.8. The third-order valence-electron chi connectivity index (χ3n) is 4.66. The number of rotatable bonds is 7. The van der Waals surface area contributed by atoms with Crippen molar-refractivity contribution in [1.29, 1.82) is 0 Å². The highest BCUT2D eigenvalue weighted by Crippen LogP contribution is 2.30. The van der Waals surface area contributed by atoms with Gasteiger partial charge in [-0.2, -0.15) is 9.61 Å². The average molecular weight is 407 g/mol. The summed E-state index contributed by atoms with van der Waals surface area (Å²) in [5.41, 5.74) is 4.62. The molecule has 0 saturated heterocycles. The number of benzene rings is 2. The van der Waals surface area contributed by atoms with Gasteiger partial charge in [0.15, 0.2) is 5.65 Å². The summed E-state index contributed by atoms with van der Waals surface area (Å²) in [6.45, 7) is 1.57. The first-order chi connectivity index (χ1) is 14.1. The van der Waals surface area contributed by atoms with Crippen LogP contribution in [0.1, 0.15) is 6.42 Å². The second-order valence-electron chi connectivity index (χ2n) is 7.15. The first kappa shape index (κ1) is 19.4. The van der Waals surface area contributed by atoms with Crippen molar-refractivity contribution in [3.63, 3.8) is 0 Å². The van der Waals surface area contributed by atoms with Crippen molar-refractivity contribution in [1.82, 2.24) is 19.5 Å². The van der Waals surface area contributed by atoms with Crippen LogP contribution in [0.15, 0.2) is 66.9 Å². The molecule has 0 aliphatic rings. The van der Waals surface area contributed by atoms with Gasteiger partial charge in [-0.3, -0.25) is 0 Å². The van der Waals surface area contributed by atoms with E-state index >= 15 is 0 Å². The van der Waals surface area contributed by atoms with Crippen LogP contribution in [0.25, 0.3) is 28.0 Å². The Balaban J connectivity index is 1.77. The van der Waals surface area contributed by atoms with E-state index in [9.17, 15) is 0 Å². The average Bonchev–Trinajstić information content (AvgIpc) is 3.16. The van der Waals surface area contributed by atoms with Gasteiger partial charge in [0.1, 0.15) is 0 Å². The van der Waals surface area contributed by atoms with Gasteiger partial charge in [-0.15, -0.1) is 0 Å². The summed E-state index contributed by atoms with van der Waals surface area (Å²) in [5.74, 6) is 0.681. The van der Waals surface area contributed by atoms with Gasteiger partial charge in [-0.05, 0) is 38.2 Å². The number of aromatic nitrogens is 3. The van der Waals surface area contributed by atoms with Gasteiger partial charge in [-0.1, -0.05) is 54.1 Å². The fraction of sp³-hybridized carbons (Fsp3) is 0.217. The normalized spacial score (nSPS) is 11.3. The molecule has 2 heterocycles. The quantitative estimate of drug-likeness (QED) is 0.403. The molecule has 0 aliphatic heterocycles. The molecule has 4 rings (SSSR count). The van der Waals surface area contributed by atoms with Gasteiger partial charge in [0.05, 0.1) is 18.5 Å². The fourth-order valence-corrected chi connectivity index (χ4v) is 3.31. The molecule has 0 radical (unpaired) electrons. The highest BCUT2D eigenvalue weighted by Gasteiger charge is 2.15. The molecule has 0 atom stereocenters. The van der Waals surface area contributed by atoms with E-state index in [2.05, 4.69) is 36.2 Å². The molecule has 0 spiro atoms. The topological polar surface area (TPSA) is 42.7 Å². The lowest BCUT2D eigenvalue weighted by Gasteiger charge is -2.12. The van der Waals surface area contributed by atoms with Crippen molar-refractivity contribution in [2.45, 2.75) is 6.42 Å². The van der Waals surface area contributed by atoms with E-state index in [-0.39, 0.29) is 0 Å². The van der Waals surface area contributed by atoms with Gasteiger partial charge in [-0.25, -0.2) is 4.98 Å². The van der Waals surface area contributed by atoms with Crippen molar-refractivity contribution in [3.8, 4) is 28.3 Å². The zero-order chi connectivity index (χ0) is 20.2. The molecule has 2 aromatic carbocycles. The summed E-state index contributed by atoms with van der Waals surface area (Å²) in [4.78, 5) is 7.04. The van der Waals surface area contributed by atoms with Gasteiger partial charge >= 0.3 is 0 Å². The van der Waals surface area contributed by atoms with Crippen LogP contribution in [0.2, 0.25) is 5.02 Å². The summed E-state index contributed by atoms with van der Waals surface area (Å²) in [7, 11) is 4.12. The van der Waals surface area contributed by atoms with Crippen molar-refractivity contribution in [2.75, 3.05) is 27.2 Å². The maximum Gasteiger partial charge on any atom is 0.218 e. The third-order valence-corrected chi connectivity index (χ3v) is 4.92. The lowest BCUT2D eigenvalue weighted by Crippen LogP contribution is -2.16. The zero-order valence-electron chi connectivity index (χ0n) is 16.5. The van der Waals surface area contributed by atoms with E-state index in [0.29, 0.717) is 17.5 Å². The highest BCUT2D eigenvalue weighted by molar-refractivity contribution is 6.30. The zero-order valence-corrected chi connectivity index (χ0v) is 17.3. The van der Waals surface area contributed by atoms with Gasteiger partial charge in [0.25, 0.3) is 0 Å². The van der Waals surface area contributed by atoms with Crippen LogP contribution in [0.4, 0.5) is 0 Å². The maximum atomic E-state index is 6.11. The first-order valence-corrected chi connectivity index (χ1v) is 9.97. The monoisotopic (exact) mass is 406 g/mol. The fourth-order valence-electron chi connectivity index (χ4n) is 3.19. The predicted molar refractivity (Wildman–Crippen MR) is 118 cm³/mol. The van der Waals surface area contributed by atoms with Gasteiger partial charge < -0.3 is 9.64 Å². The van der Waals surface area contributed by atoms with Crippen LogP contribution >= 0.6 is 11.6 Å². The third kappa shape index (κ3) is 4.42. The maximum absolute atomic E-state index is 6.11. The van der Waals surface area contributed by atoms with E-state index in [4.69, 9.17) is 21.3 Å². The minimum absolute atomic E-state index is 0.609. The van der Waals surface area contributed by atoms with E-state index in [1.807, 2.05) is 54.7 Å². The van der Waals surface area contributed by atoms with Crippen molar-refractivity contribution in [2.24, 2.45) is 0 Å². The smallest absolute Gasteiger partial charge is 0.218 e. The largest absolute Gasteiger partial charge is 0.477 e. The number of hydrogen-bond acceptors (Lipinski definition) is 4. The number of nitrogens with zero attached hydrogens (tertiary/aromatic N) is 4.